The first kappa shape index (κ1) is 15.6. The summed E-state index contributed by atoms with van der Waals surface area (Å²) in [6.07, 6.45) is 0. The summed E-state index contributed by atoms with van der Waals surface area (Å²) in [5.41, 5.74) is 1.33. The average Bonchev–Trinajstić information content (AvgIpc) is 2.51. The zero-order valence-electron chi connectivity index (χ0n) is 13.9. The van der Waals surface area contributed by atoms with Gasteiger partial charge < -0.3 is 10.0 Å². The minimum absolute atomic E-state index is 0.0665. The fraction of sp³-hybridized carbons (Fsp3) is 0.438. The van der Waals surface area contributed by atoms with Crippen LogP contribution in [0, 0.1) is 13.8 Å². The van der Waals surface area contributed by atoms with E-state index < -0.39 is 17.7 Å². The topological polar surface area (TPSA) is 81.9 Å². The Hall–Kier alpha value is -2.25. The van der Waals surface area contributed by atoms with Crippen molar-refractivity contribution in [2.24, 2.45) is 4.99 Å². The van der Waals surface area contributed by atoms with E-state index in [0.29, 0.717) is 12.2 Å². The third-order valence-electron chi connectivity index (χ3n) is 4.64. The molecule has 2 aliphatic rings. The largest absolute Gasteiger partial charge is 0.786 e. The second-order valence-electron chi connectivity index (χ2n) is 5.95. The Labute approximate surface area is 134 Å². The summed E-state index contributed by atoms with van der Waals surface area (Å²) in [6.45, 7) is 6.08. The smallest absolute Gasteiger partial charge is 0.352 e. The van der Waals surface area contributed by atoms with Gasteiger partial charge in [-0.15, -0.1) is 4.90 Å². The normalized spacial score (nSPS) is 24.5. The Morgan fingerprint density at radius 1 is 1.17 bits per heavy atom. The molecule has 1 aromatic carbocycles. The molecule has 0 spiro atoms. The summed E-state index contributed by atoms with van der Waals surface area (Å²) in [7, 11) is 2.95. The summed E-state index contributed by atoms with van der Waals surface area (Å²) in [4.78, 5) is 32.2. The summed E-state index contributed by atoms with van der Waals surface area (Å²) in [5, 5.41) is 13.5. The molecule has 1 aromatic rings. The van der Waals surface area contributed by atoms with Gasteiger partial charge in [0.15, 0.2) is 5.84 Å². The molecule has 23 heavy (non-hydrogen) atoms. The van der Waals surface area contributed by atoms with Crippen LogP contribution in [-0.4, -0.2) is 49.0 Å². The van der Waals surface area contributed by atoms with Gasteiger partial charge in [0.05, 0.1) is 0 Å². The van der Waals surface area contributed by atoms with Crippen molar-refractivity contribution in [1.29, 1.82) is 0 Å². The van der Waals surface area contributed by atoms with Crippen molar-refractivity contribution >= 4 is 29.1 Å². The lowest BCUT2D eigenvalue weighted by Crippen LogP contribution is -2.79. The Morgan fingerprint density at radius 2 is 1.78 bits per heavy atom. The number of nitrogens with zero attached hydrogens (tertiary/aromatic N) is 4. The molecule has 2 aliphatic heterocycles. The molecule has 7 nitrogen and oxygen atoms in total. The lowest BCUT2D eigenvalue weighted by atomic mass is 9.97. The molecule has 0 N–H and O–H groups in total. The molecule has 2 heterocycles. The van der Waals surface area contributed by atoms with E-state index in [0.717, 1.165) is 21.7 Å². The number of hydrogen-bond donors (Lipinski definition) is 0. The van der Waals surface area contributed by atoms with Crippen LogP contribution < -0.4 is 14.9 Å². The number of carbonyl (C=O) groups is 2. The number of amidine groups is 1. The van der Waals surface area contributed by atoms with Gasteiger partial charge in [0.25, 0.3) is 5.91 Å². The minimum Gasteiger partial charge on any atom is -0.786 e. The van der Waals surface area contributed by atoms with Gasteiger partial charge in [-0.3, -0.25) is 9.69 Å². The Balaban J connectivity index is 2.33. The molecule has 3 amide bonds. The van der Waals surface area contributed by atoms with Gasteiger partial charge in [0, 0.05) is 20.2 Å². The van der Waals surface area contributed by atoms with E-state index in [1.165, 1.54) is 11.9 Å². The summed E-state index contributed by atoms with van der Waals surface area (Å²) >= 11 is 0. The van der Waals surface area contributed by atoms with Crippen molar-refractivity contribution < 1.29 is 14.7 Å². The van der Waals surface area contributed by atoms with Gasteiger partial charge in [0.2, 0.25) is 11.4 Å². The van der Waals surface area contributed by atoms with E-state index in [9.17, 15) is 14.7 Å². The van der Waals surface area contributed by atoms with Crippen molar-refractivity contribution in [3.05, 3.63) is 23.3 Å². The first-order valence-electron chi connectivity index (χ1n) is 7.47. The zero-order chi connectivity index (χ0) is 17.1. The van der Waals surface area contributed by atoms with Gasteiger partial charge in [-0.1, -0.05) is 0 Å². The molecule has 0 aliphatic carbocycles. The Bertz CT molecular complexity index is 758. The van der Waals surface area contributed by atoms with Crippen LogP contribution in [0.15, 0.2) is 17.1 Å². The lowest BCUT2D eigenvalue weighted by Gasteiger charge is -2.48. The zero-order valence-corrected chi connectivity index (χ0v) is 13.9. The maximum absolute atomic E-state index is 13.5. The summed E-state index contributed by atoms with van der Waals surface area (Å²) < 4.78 is 0. The Morgan fingerprint density at radius 3 is 2.39 bits per heavy atom. The van der Waals surface area contributed by atoms with Crippen LogP contribution in [0.25, 0.3) is 0 Å². The van der Waals surface area contributed by atoms with Gasteiger partial charge in [-0.05, 0) is 38.0 Å². The van der Waals surface area contributed by atoms with E-state index in [1.54, 1.807) is 11.9 Å². The molecular weight excluding hydrogens is 296 g/mol. The van der Waals surface area contributed by atoms with E-state index in [1.807, 2.05) is 32.9 Å². The van der Waals surface area contributed by atoms with Gasteiger partial charge in [0.1, 0.15) is 12.2 Å². The molecule has 3 rings (SSSR count). The number of fused-ring (bicyclic) bond motifs is 2. The van der Waals surface area contributed by atoms with Crippen molar-refractivity contribution in [2.75, 3.05) is 25.5 Å². The average molecular weight is 315 g/mol. The highest BCUT2D eigenvalue weighted by atomic mass is 16.3. The van der Waals surface area contributed by atoms with E-state index >= 15 is 0 Å². The maximum Gasteiger partial charge on any atom is 0.352 e. The van der Waals surface area contributed by atoms with Gasteiger partial charge >= 0.3 is 6.03 Å². The first-order chi connectivity index (χ1) is 10.7. The predicted molar refractivity (Wildman–Crippen MR) is 85.0 cm³/mol. The molecule has 0 bridgehead atoms. The van der Waals surface area contributed by atoms with Crippen molar-refractivity contribution in [1.82, 2.24) is 9.80 Å². The number of amides is 3. The number of benzene rings is 1. The van der Waals surface area contributed by atoms with Gasteiger partial charge in [-0.25, -0.2) is 4.79 Å². The molecule has 0 fully saturated rings. The number of anilines is 2. The van der Waals surface area contributed by atoms with Crippen LogP contribution in [0.1, 0.15) is 18.1 Å². The van der Waals surface area contributed by atoms with Crippen LogP contribution in [-0.2, 0) is 4.79 Å². The maximum atomic E-state index is 13.5. The number of aryl methyl sites for hydroxylation is 2. The highest BCUT2D eigenvalue weighted by Gasteiger charge is 2.58. The SMILES string of the molecule is CC[N+]1c2cc(C)c(C)cc2N(C)C2=NC(=O)N(C)C(=O)C21[O-]. The van der Waals surface area contributed by atoms with E-state index in [2.05, 4.69) is 4.99 Å². The number of likely N-dealkylation sites (N-methyl/N-ethyl adjacent to an activating group) is 3. The highest BCUT2D eigenvalue weighted by molar-refractivity contribution is 6.27. The number of aliphatic imine (C=N–C) groups is 1. The highest BCUT2D eigenvalue weighted by Crippen LogP contribution is 2.41. The van der Waals surface area contributed by atoms with Crippen LogP contribution >= 0.6 is 0 Å². The quantitative estimate of drug-likeness (QED) is 0.710. The minimum atomic E-state index is -2.22. The van der Waals surface area contributed by atoms with Crippen LogP contribution in [0.5, 0.6) is 0 Å². The first-order valence-corrected chi connectivity index (χ1v) is 7.47. The molecule has 0 saturated heterocycles. The van der Waals surface area contributed by atoms with E-state index in [4.69, 9.17) is 0 Å². The fourth-order valence-electron chi connectivity index (χ4n) is 3.14. The van der Waals surface area contributed by atoms with Crippen molar-refractivity contribution in [3.63, 3.8) is 0 Å². The summed E-state index contributed by atoms with van der Waals surface area (Å²) in [6, 6.07) is 3.14. The number of rotatable bonds is 1. The van der Waals surface area contributed by atoms with Crippen molar-refractivity contribution in [3.8, 4) is 0 Å². The fourth-order valence-corrected chi connectivity index (χ4v) is 3.14. The van der Waals surface area contributed by atoms with Gasteiger partial charge in [-0.2, -0.15) is 4.99 Å². The standard InChI is InChI=1S/C16H19N4O3/c1-6-20-12-8-10(3)9(2)7-11(12)18(4)13-16(20,23)14(21)19(5)15(22)17-13/h7-8H,6H2,1-5H3. The molecule has 1 unspecified atom stereocenters. The summed E-state index contributed by atoms with van der Waals surface area (Å²) in [5.74, 6) is -0.867. The van der Waals surface area contributed by atoms with Crippen LogP contribution in [0.4, 0.5) is 16.2 Å². The number of carbonyl (C=O) groups excluding carboxylic acids is 2. The number of imide groups is 1. The Kier molecular flexibility index (Phi) is 3.31. The molecule has 0 aromatic heterocycles. The second kappa shape index (κ2) is 4.87. The molecule has 0 saturated carbocycles. The monoisotopic (exact) mass is 315 g/mol. The van der Waals surface area contributed by atoms with Crippen molar-refractivity contribution in [2.45, 2.75) is 26.5 Å². The van der Waals surface area contributed by atoms with E-state index in [-0.39, 0.29) is 5.84 Å². The van der Waals surface area contributed by atoms with Crippen LogP contribution in [0.3, 0.4) is 0 Å². The molecular formula is C16H19N4O3. The predicted octanol–water partition coefficient (Wildman–Crippen LogP) is 0.592. The van der Waals surface area contributed by atoms with Crippen LogP contribution in [0.2, 0.25) is 0 Å². The lowest BCUT2D eigenvalue weighted by molar-refractivity contribution is -0.452. The molecule has 1 atom stereocenters. The number of hydrogen-bond acceptors (Lipinski definition) is 5. The third-order valence-corrected chi connectivity index (χ3v) is 4.64. The third kappa shape index (κ3) is 1.87. The second-order valence-corrected chi connectivity index (χ2v) is 5.95. The molecule has 121 valence electrons. The number of urea groups is 1. The molecule has 1 radical (unpaired) electrons. The molecule has 7 heteroatoms.